The van der Waals surface area contributed by atoms with Crippen LogP contribution in [-0.2, 0) is 25.9 Å². The van der Waals surface area contributed by atoms with Crippen LogP contribution in [0.2, 0.25) is 0 Å². The molecule has 7 nitrogen and oxygen atoms in total. The molecule has 1 aliphatic heterocycles. The Bertz CT molecular complexity index is 1050. The van der Waals surface area contributed by atoms with Crippen LogP contribution < -0.4 is 10.3 Å². The molecule has 0 saturated carbocycles. The molecule has 3 heterocycles. The van der Waals surface area contributed by atoms with Crippen LogP contribution in [-0.4, -0.2) is 38.3 Å². The summed E-state index contributed by atoms with van der Waals surface area (Å²) in [6.45, 7) is 6.45. The van der Waals surface area contributed by atoms with E-state index in [2.05, 4.69) is 33.8 Å². The number of nitrogens with one attached hydrogen (secondary N) is 1. The zero-order valence-corrected chi connectivity index (χ0v) is 17.2. The first-order valence-corrected chi connectivity index (χ1v) is 10.1. The van der Waals surface area contributed by atoms with Gasteiger partial charge >= 0.3 is 0 Å². The summed E-state index contributed by atoms with van der Waals surface area (Å²) < 4.78 is 7.17. The molecule has 0 radical (unpaired) electrons. The topological polar surface area (TPSA) is 76.0 Å². The highest BCUT2D eigenvalue weighted by Crippen LogP contribution is 2.21. The highest BCUT2D eigenvalue weighted by Gasteiger charge is 2.22. The molecule has 4 rings (SSSR count). The zero-order chi connectivity index (χ0) is 20.4. The van der Waals surface area contributed by atoms with E-state index in [4.69, 9.17) is 4.74 Å². The molecule has 0 fully saturated rings. The van der Waals surface area contributed by atoms with E-state index >= 15 is 0 Å². The molecule has 7 heteroatoms. The highest BCUT2D eigenvalue weighted by molar-refractivity contribution is 5.39. The molecule has 0 atom stereocenters. The van der Waals surface area contributed by atoms with Crippen molar-refractivity contribution in [3.8, 4) is 11.4 Å². The Kier molecular flexibility index (Phi) is 5.49. The minimum absolute atomic E-state index is 0.00815. The van der Waals surface area contributed by atoms with Crippen LogP contribution in [0.25, 0.3) is 5.69 Å². The largest absolute Gasteiger partial charge is 0.497 e. The molecule has 0 unspecified atom stereocenters. The summed E-state index contributed by atoms with van der Waals surface area (Å²) in [6, 6.07) is 7.87. The minimum atomic E-state index is 0.00815. The van der Waals surface area contributed by atoms with Crippen LogP contribution in [0, 0.1) is 6.92 Å². The van der Waals surface area contributed by atoms with E-state index in [9.17, 15) is 4.79 Å². The quantitative estimate of drug-likeness (QED) is 0.697. The predicted molar refractivity (Wildman–Crippen MR) is 112 cm³/mol. The summed E-state index contributed by atoms with van der Waals surface area (Å²) in [4.78, 5) is 22.4. The fourth-order valence-corrected chi connectivity index (χ4v) is 3.85. The van der Waals surface area contributed by atoms with Crippen molar-refractivity contribution in [1.29, 1.82) is 0 Å². The van der Waals surface area contributed by atoms with Gasteiger partial charge in [-0.05, 0) is 37.6 Å². The SMILES string of the molecule is CCCc1nc2c(c(=O)[nH]1)CN(Cc1cnn(-c3ccc(OC)cc3)c1C)CC2. The average Bonchev–Trinajstić information content (AvgIpc) is 3.09. The molecule has 1 aromatic carbocycles. The van der Waals surface area contributed by atoms with Crippen LogP contribution in [0.15, 0.2) is 35.3 Å². The van der Waals surface area contributed by atoms with Crippen molar-refractivity contribution in [1.82, 2.24) is 24.6 Å². The second-order valence-corrected chi connectivity index (χ2v) is 7.51. The lowest BCUT2D eigenvalue weighted by atomic mass is 10.1. The first-order chi connectivity index (χ1) is 14.1. The second-order valence-electron chi connectivity index (χ2n) is 7.51. The number of rotatable bonds is 6. The van der Waals surface area contributed by atoms with Gasteiger partial charge in [0.25, 0.3) is 5.56 Å². The minimum Gasteiger partial charge on any atom is -0.497 e. The fourth-order valence-electron chi connectivity index (χ4n) is 3.85. The van der Waals surface area contributed by atoms with Gasteiger partial charge in [0.05, 0.1) is 30.3 Å². The maximum absolute atomic E-state index is 12.5. The van der Waals surface area contributed by atoms with E-state index in [1.807, 2.05) is 35.1 Å². The first-order valence-electron chi connectivity index (χ1n) is 10.1. The molecule has 0 aliphatic carbocycles. The van der Waals surface area contributed by atoms with Crippen LogP contribution >= 0.6 is 0 Å². The molecule has 0 spiro atoms. The average molecular weight is 393 g/mol. The van der Waals surface area contributed by atoms with Gasteiger partial charge in [0.2, 0.25) is 0 Å². The highest BCUT2D eigenvalue weighted by atomic mass is 16.5. The van der Waals surface area contributed by atoms with Crippen LogP contribution in [0.1, 0.15) is 41.7 Å². The number of fused-ring (bicyclic) bond motifs is 1. The Morgan fingerprint density at radius 3 is 2.76 bits per heavy atom. The van der Waals surface area contributed by atoms with Crippen molar-refractivity contribution in [3.63, 3.8) is 0 Å². The number of aromatic nitrogens is 4. The number of ether oxygens (including phenoxy) is 1. The molecule has 3 aromatic rings. The van der Waals surface area contributed by atoms with Gasteiger partial charge in [-0.25, -0.2) is 9.67 Å². The Morgan fingerprint density at radius 2 is 2.03 bits per heavy atom. The normalized spacial score (nSPS) is 14.0. The molecule has 1 aliphatic rings. The Balaban J connectivity index is 1.51. The van der Waals surface area contributed by atoms with E-state index in [-0.39, 0.29) is 5.56 Å². The Hall–Kier alpha value is -2.93. The van der Waals surface area contributed by atoms with Crippen molar-refractivity contribution < 1.29 is 4.74 Å². The predicted octanol–water partition coefficient (Wildman–Crippen LogP) is 2.78. The molecule has 1 N–H and O–H groups in total. The van der Waals surface area contributed by atoms with Gasteiger partial charge in [0.15, 0.2) is 0 Å². The van der Waals surface area contributed by atoms with Crippen LogP contribution in [0.4, 0.5) is 0 Å². The van der Waals surface area contributed by atoms with Gasteiger partial charge in [-0.2, -0.15) is 5.10 Å². The van der Waals surface area contributed by atoms with E-state index in [1.165, 1.54) is 0 Å². The van der Waals surface area contributed by atoms with Crippen molar-refractivity contribution in [2.45, 2.75) is 46.2 Å². The third-order valence-corrected chi connectivity index (χ3v) is 5.51. The van der Waals surface area contributed by atoms with Crippen molar-refractivity contribution in [2.24, 2.45) is 0 Å². The summed E-state index contributed by atoms with van der Waals surface area (Å²) in [6.07, 6.45) is 4.52. The molecule has 29 heavy (non-hydrogen) atoms. The number of aromatic amines is 1. The van der Waals surface area contributed by atoms with E-state index in [1.54, 1.807) is 7.11 Å². The maximum Gasteiger partial charge on any atom is 0.255 e. The summed E-state index contributed by atoms with van der Waals surface area (Å²) in [5.74, 6) is 1.63. The molecule has 0 saturated heterocycles. The van der Waals surface area contributed by atoms with Crippen LogP contribution in [0.3, 0.4) is 0 Å². The molecule has 2 aromatic heterocycles. The lowest BCUT2D eigenvalue weighted by molar-refractivity contribution is 0.241. The second kappa shape index (κ2) is 8.21. The number of hydrogen-bond acceptors (Lipinski definition) is 5. The van der Waals surface area contributed by atoms with E-state index in [0.717, 1.165) is 72.1 Å². The van der Waals surface area contributed by atoms with Gasteiger partial charge in [-0.15, -0.1) is 0 Å². The summed E-state index contributed by atoms with van der Waals surface area (Å²) in [7, 11) is 1.66. The van der Waals surface area contributed by atoms with Gasteiger partial charge < -0.3 is 9.72 Å². The number of H-pyrrole nitrogens is 1. The van der Waals surface area contributed by atoms with E-state index in [0.29, 0.717) is 6.54 Å². The van der Waals surface area contributed by atoms with Crippen molar-refractivity contribution in [3.05, 3.63) is 69.2 Å². The molecular weight excluding hydrogens is 366 g/mol. The van der Waals surface area contributed by atoms with Gasteiger partial charge in [-0.1, -0.05) is 6.92 Å². The number of benzene rings is 1. The molecule has 0 amide bonds. The number of methoxy groups -OCH3 is 1. The smallest absolute Gasteiger partial charge is 0.255 e. The number of nitrogens with zero attached hydrogens (tertiary/aromatic N) is 4. The third kappa shape index (κ3) is 3.96. The maximum atomic E-state index is 12.5. The Labute approximate surface area is 170 Å². The standard InChI is InChI=1S/C22H27N5O2/c1-4-5-21-24-20-10-11-26(14-19(20)22(28)25-21)13-16-12-23-27(15(16)2)17-6-8-18(29-3)9-7-17/h6-9,12H,4-5,10-11,13-14H2,1-3H3,(H,24,25,28). The monoisotopic (exact) mass is 393 g/mol. The lowest BCUT2D eigenvalue weighted by Crippen LogP contribution is -2.35. The van der Waals surface area contributed by atoms with Gasteiger partial charge in [-0.3, -0.25) is 9.69 Å². The zero-order valence-electron chi connectivity index (χ0n) is 17.2. The number of aryl methyl sites for hydroxylation is 1. The molecular formula is C22H27N5O2. The van der Waals surface area contributed by atoms with Gasteiger partial charge in [0, 0.05) is 43.7 Å². The van der Waals surface area contributed by atoms with E-state index < -0.39 is 0 Å². The third-order valence-electron chi connectivity index (χ3n) is 5.51. The lowest BCUT2D eigenvalue weighted by Gasteiger charge is -2.27. The summed E-state index contributed by atoms with van der Waals surface area (Å²) in [5, 5.41) is 4.57. The summed E-state index contributed by atoms with van der Waals surface area (Å²) in [5.41, 5.74) is 5.04. The molecule has 152 valence electrons. The number of hydrogen-bond donors (Lipinski definition) is 1. The van der Waals surface area contributed by atoms with Gasteiger partial charge in [0.1, 0.15) is 11.6 Å². The Morgan fingerprint density at radius 1 is 1.24 bits per heavy atom. The van der Waals surface area contributed by atoms with Crippen molar-refractivity contribution in [2.75, 3.05) is 13.7 Å². The first kappa shape index (κ1) is 19.4. The van der Waals surface area contributed by atoms with Crippen LogP contribution in [0.5, 0.6) is 5.75 Å². The molecule has 0 bridgehead atoms. The van der Waals surface area contributed by atoms with Crippen molar-refractivity contribution >= 4 is 0 Å². The fraction of sp³-hybridized carbons (Fsp3) is 0.409. The summed E-state index contributed by atoms with van der Waals surface area (Å²) >= 11 is 0.